The Kier molecular flexibility index (Phi) is 2.53. The van der Waals surface area contributed by atoms with Gasteiger partial charge < -0.3 is 20.3 Å². The number of anilines is 1. The number of ether oxygens (including phenoxy) is 2. The number of hydrogen-bond acceptors (Lipinski definition) is 5. The second-order valence-corrected chi connectivity index (χ2v) is 3.99. The van der Waals surface area contributed by atoms with E-state index in [0.717, 1.165) is 0 Å². The van der Waals surface area contributed by atoms with Crippen LogP contribution in [0.25, 0.3) is 0 Å². The van der Waals surface area contributed by atoms with Gasteiger partial charge in [-0.3, -0.25) is 0 Å². The van der Waals surface area contributed by atoms with E-state index in [9.17, 15) is 5.11 Å². The maximum absolute atomic E-state index is 10.3. The van der Waals surface area contributed by atoms with Gasteiger partial charge in [0.25, 0.3) is 0 Å². The standard InChI is InChI=1S/C13H12N2O3/c14-13-9(2-1-5-15-13)12(16)8-3-4-10-11(6-8)18-7-17-10/h1-6,12,16H,7H2,(H2,14,15). The zero-order chi connectivity index (χ0) is 12.5. The second-order valence-electron chi connectivity index (χ2n) is 3.99. The smallest absolute Gasteiger partial charge is 0.231 e. The lowest BCUT2D eigenvalue weighted by atomic mass is 10.0. The molecule has 3 rings (SSSR count). The predicted molar refractivity (Wildman–Crippen MR) is 65.3 cm³/mol. The van der Waals surface area contributed by atoms with Crippen LogP contribution in [0.15, 0.2) is 36.5 Å². The summed E-state index contributed by atoms with van der Waals surface area (Å²) in [5.41, 5.74) is 7.02. The van der Waals surface area contributed by atoms with Crippen LogP contribution in [0.4, 0.5) is 5.82 Å². The number of nitrogens with two attached hydrogens (primary N) is 1. The van der Waals surface area contributed by atoms with Crippen LogP contribution in [0.1, 0.15) is 17.2 Å². The lowest BCUT2D eigenvalue weighted by Crippen LogP contribution is -2.05. The summed E-state index contributed by atoms with van der Waals surface area (Å²) >= 11 is 0. The van der Waals surface area contributed by atoms with Gasteiger partial charge in [-0.15, -0.1) is 0 Å². The molecule has 2 heterocycles. The molecule has 0 saturated carbocycles. The van der Waals surface area contributed by atoms with Gasteiger partial charge in [0.1, 0.15) is 11.9 Å². The highest BCUT2D eigenvalue weighted by Gasteiger charge is 2.19. The summed E-state index contributed by atoms with van der Waals surface area (Å²) in [6, 6.07) is 8.79. The Morgan fingerprint density at radius 1 is 1.22 bits per heavy atom. The molecule has 1 aromatic heterocycles. The van der Waals surface area contributed by atoms with E-state index in [2.05, 4.69) is 4.98 Å². The first-order valence-electron chi connectivity index (χ1n) is 5.54. The number of aromatic nitrogens is 1. The molecule has 1 aromatic carbocycles. The number of aliphatic hydroxyl groups is 1. The summed E-state index contributed by atoms with van der Waals surface area (Å²) in [5, 5.41) is 10.3. The summed E-state index contributed by atoms with van der Waals surface area (Å²) in [4.78, 5) is 3.96. The van der Waals surface area contributed by atoms with E-state index in [0.29, 0.717) is 28.4 Å². The molecule has 0 fully saturated rings. The fraction of sp³-hybridized carbons (Fsp3) is 0.154. The summed E-state index contributed by atoms with van der Waals surface area (Å²) in [6.07, 6.45) is 0.763. The monoisotopic (exact) mass is 244 g/mol. The third-order valence-corrected chi connectivity index (χ3v) is 2.88. The number of rotatable bonds is 2. The molecule has 0 saturated heterocycles. The minimum absolute atomic E-state index is 0.212. The van der Waals surface area contributed by atoms with Crippen LogP contribution in [0.3, 0.4) is 0 Å². The summed E-state index contributed by atoms with van der Waals surface area (Å²) < 4.78 is 10.5. The Labute approximate surface area is 104 Å². The van der Waals surface area contributed by atoms with Crippen LogP contribution < -0.4 is 15.2 Å². The molecule has 0 bridgehead atoms. The fourth-order valence-electron chi connectivity index (χ4n) is 1.92. The average molecular weight is 244 g/mol. The fourth-order valence-corrected chi connectivity index (χ4v) is 1.92. The molecule has 5 heteroatoms. The number of pyridine rings is 1. The van der Waals surface area contributed by atoms with Gasteiger partial charge in [-0.2, -0.15) is 0 Å². The van der Waals surface area contributed by atoms with Crippen LogP contribution in [0.5, 0.6) is 11.5 Å². The van der Waals surface area contributed by atoms with Crippen molar-refractivity contribution < 1.29 is 14.6 Å². The predicted octanol–water partition coefficient (Wildman–Crippen LogP) is 1.47. The lowest BCUT2D eigenvalue weighted by Gasteiger charge is -2.13. The third kappa shape index (κ3) is 1.74. The van der Waals surface area contributed by atoms with E-state index in [-0.39, 0.29) is 6.79 Å². The first-order valence-corrected chi connectivity index (χ1v) is 5.54. The molecule has 1 aliphatic heterocycles. The minimum atomic E-state index is -0.826. The van der Waals surface area contributed by atoms with Crippen molar-refractivity contribution in [2.45, 2.75) is 6.10 Å². The van der Waals surface area contributed by atoms with Gasteiger partial charge in [0.05, 0.1) is 0 Å². The summed E-state index contributed by atoms with van der Waals surface area (Å²) in [7, 11) is 0. The Morgan fingerprint density at radius 2 is 2.06 bits per heavy atom. The van der Waals surface area contributed by atoms with E-state index in [1.807, 2.05) is 0 Å². The number of hydrogen-bond donors (Lipinski definition) is 2. The zero-order valence-electron chi connectivity index (χ0n) is 9.54. The summed E-state index contributed by atoms with van der Waals surface area (Å²) in [6.45, 7) is 0.212. The highest BCUT2D eigenvalue weighted by Crippen LogP contribution is 2.36. The van der Waals surface area contributed by atoms with Gasteiger partial charge in [0.2, 0.25) is 6.79 Å². The van der Waals surface area contributed by atoms with Gasteiger partial charge in [-0.05, 0) is 23.8 Å². The average Bonchev–Trinajstić information content (AvgIpc) is 2.85. The lowest BCUT2D eigenvalue weighted by molar-refractivity contribution is 0.173. The zero-order valence-corrected chi connectivity index (χ0v) is 9.54. The quantitative estimate of drug-likeness (QED) is 0.836. The normalized spacial score (nSPS) is 14.5. The first kappa shape index (κ1) is 10.9. The van der Waals surface area contributed by atoms with Crippen molar-refractivity contribution >= 4 is 5.82 Å². The number of aliphatic hydroxyl groups excluding tert-OH is 1. The minimum Gasteiger partial charge on any atom is -0.454 e. The van der Waals surface area contributed by atoms with Crippen molar-refractivity contribution in [1.29, 1.82) is 0 Å². The first-order chi connectivity index (χ1) is 8.75. The van der Waals surface area contributed by atoms with E-state index < -0.39 is 6.10 Å². The maximum atomic E-state index is 10.3. The molecule has 92 valence electrons. The van der Waals surface area contributed by atoms with Crippen LogP contribution in [-0.4, -0.2) is 16.9 Å². The Bertz CT molecular complexity index is 586. The number of benzene rings is 1. The van der Waals surface area contributed by atoms with Crippen molar-refractivity contribution in [2.24, 2.45) is 0 Å². The van der Waals surface area contributed by atoms with Crippen molar-refractivity contribution in [1.82, 2.24) is 4.98 Å². The van der Waals surface area contributed by atoms with Gasteiger partial charge in [-0.1, -0.05) is 12.1 Å². The van der Waals surface area contributed by atoms with Crippen LogP contribution in [0, 0.1) is 0 Å². The Balaban J connectivity index is 1.98. The number of nitrogen functional groups attached to an aromatic ring is 1. The molecule has 2 aromatic rings. The van der Waals surface area contributed by atoms with E-state index >= 15 is 0 Å². The molecule has 1 aliphatic rings. The Morgan fingerprint density at radius 3 is 2.89 bits per heavy atom. The van der Waals surface area contributed by atoms with Crippen LogP contribution >= 0.6 is 0 Å². The molecule has 1 atom stereocenters. The summed E-state index contributed by atoms with van der Waals surface area (Å²) in [5.74, 6) is 1.64. The van der Waals surface area contributed by atoms with E-state index in [1.54, 1.807) is 36.5 Å². The van der Waals surface area contributed by atoms with Gasteiger partial charge in [0.15, 0.2) is 11.5 Å². The second kappa shape index (κ2) is 4.19. The highest BCUT2D eigenvalue weighted by atomic mass is 16.7. The molecule has 5 nitrogen and oxygen atoms in total. The van der Waals surface area contributed by atoms with Gasteiger partial charge in [-0.25, -0.2) is 4.98 Å². The molecule has 0 aliphatic carbocycles. The SMILES string of the molecule is Nc1ncccc1C(O)c1ccc2c(c1)OCO2. The largest absolute Gasteiger partial charge is 0.454 e. The van der Waals surface area contributed by atoms with Gasteiger partial charge >= 0.3 is 0 Å². The molecule has 0 radical (unpaired) electrons. The molecule has 18 heavy (non-hydrogen) atoms. The molecule has 0 amide bonds. The topological polar surface area (TPSA) is 77.6 Å². The van der Waals surface area contributed by atoms with Crippen LogP contribution in [0.2, 0.25) is 0 Å². The van der Waals surface area contributed by atoms with Crippen molar-refractivity contribution in [3.8, 4) is 11.5 Å². The van der Waals surface area contributed by atoms with E-state index in [4.69, 9.17) is 15.2 Å². The van der Waals surface area contributed by atoms with Gasteiger partial charge in [0, 0.05) is 11.8 Å². The highest BCUT2D eigenvalue weighted by molar-refractivity contribution is 5.49. The Hall–Kier alpha value is -2.27. The molecule has 3 N–H and O–H groups in total. The molecular weight excluding hydrogens is 232 g/mol. The van der Waals surface area contributed by atoms with Crippen LogP contribution in [-0.2, 0) is 0 Å². The maximum Gasteiger partial charge on any atom is 0.231 e. The molecule has 0 spiro atoms. The van der Waals surface area contributed by atoms with E-state index in [1.165, 1.54) is 0 Å². The molecular formula is C13H12N2O3. The van der Waals surface area contributed by atoms with Crippen molar-refractivity contribution in [2.75, 3.05) is 12.5 Å². The molecule has 1 unspecified atom stereocenters. The third-order valence-electron chi connectivity index (χ3n) is 2.88. The van der Waals surface area contributed by atoms with Crippen molar-refractivity contribution in [3.63, 3.8) is 0 Å². The van der Waals surface area contributed by atoms with Crippen molar-refractivity contribution in [3.05, 3.63) is 47.7 Å². The number of fused-ring (bicyclic) bond motifs is 1. The number of nitrogens with zero attached hydrogens (tertiary/aromatic N) is 1.